The first kappa shape index (κ1) is 13.5. The van der Waals surface area contributed by atoms with Crippen LogP contribution in [-0.2, 0) is 14.6 Å². The molecule has 5 heteroatoms. The number of sulfone groups is 1. The lowest BCUT2D eigenvalue weighted by Crippen LogP contribution is -2.45. The molecule has 0 aromatic heterocycles. The first-order valence-corrected chi connectivity index (χ1v) is 7.31. The van der Waals surface area contributed by atoms with Crippen molar-refractivity contribution in [3.63, 3.8) is 0 Å². The maximum atomic E-state index is 12.2. The fourth-order valence-electron chi connectivity index (χ4n) is 2.09. The predicted molar refractivity (Wildman–Crippen MR) is 62.1 cm³/mol. The smallest absolute Gasteiger partial charge is 0.324 e. The Bertz CT molecular complexity index is 348. The van der Waals surface area contributed by atoms with Crippen LogP contribution in [0.5, 0.6) is 0 Å². The van der Waals surface area contributed by atoms with Gasteiger partial charge in [-0.05, 0) is 26.7 Å². The van der Waals surface area contributed by atoms with Crippen LogP contribution in [0.3, 0.4) is 0 Å². The van der Waals surface area contributed by atoms with Crippen LogP contribution in [0.15, 0.2) is 0 Å². The van der Waals surface area contributed by atoms with Gasteiger partial charge in [0, 0.05) is 0 Å². The van der Waals surface area contributed by atoms with Gasteiger partial charge in [0.05, 0.1) is 5.25 Å². The molecule has 1 rings (SSSR count). The molecule has 16 heavy (non-hydrogen) atoms. The van der Waals surface area contributed by atoms with E-state index >= 15 is 0 Å². The molecule has 0 unspecified atom stereocenters. The summed E-state index contributed by atoms with van der Waals surface area (Å²) < 4.78 is 22.8. The van der Waals surface area contributed by atoms with Gasteiger partial charge in [0.25, 0.3) is 0 Å². The molecule has 4 nitrogen and oxygen atoms in total. The highest BCUT2D eigenvalue weighted by Gasteiger charge is 2.46. The van der Waals surface area contributed by atoms with E-state index in [2.05, 4.69) is 0 Å². The number of carboxylic acid groups (broad SMARTS) is 1. The molecular weight excluding hydrogens is 228 g/mol. The van der Waals surface area contributed by atoms with Crippen molar-refractivity contribution < 1.29 is 18.3 Å². The van der Waals surface area contributed by atoms with Gasteiger partial charge in [0.15, 0.2) is 14.6 Å². The molecule has 1 N–H and O–H groups in total. The zero-order valence-corrected chi connectivity index (χ0v) is 10.7. The lowest BCUT2D eigenvalue weighted by molar-refractivity contribution is -0.139. The zero-order valence-electron chi connectivity index (χ0n) is 9.90. The summed E-state index contributed by atoms with van der Waals surface area (Å²) in [5.74, 6) is -1.25. The third kappa shape index (κ3) is 2.39. The molecule has 0 bridgehead atoms. The first-order chi connectivity index (χ1) is 7.30. The lowest BCUT2D eigenvalue weighted by Gasteiger charge is -2.25. The average molecular weight is 248 g/mol. The van der Waals surface area contributed by atoms with Crippen molar-refractivity contribution in [1.82, 2.24) is 0 Å². The van der Waals surface area contributed by atoms with Crippen molar-refractivity contribution in [1.29, 1.82) is 0 Å². The fraction of sp³-hybridized carbons (Fsp3) is 0.909. The molecule has 1 aliphatic carbocycles. The van der Waals surface area contributed by atoms with Gasteiger partial charge in [0.1, 0.15) is 0 Å². The Morgan fingerprint density at radius 3 is 1.94 bits per heavy atom. The minimum atomic E-state index is -3.58. The monoisotopic (exact) mass is 248 g/mol. The van der Waals surface area contributed by atoms with E-state index in [0.717, 1.165) is 25.7 Å². The van der Waals surface area contributed by atoms with Gasteiger partial charge in [0.2, 0.25) is 0 Å². The first-order valence-electron chi connectivity index (χ1n) is 5.77. The zero-order chi connectivity index (χ0) is 12.4. The van der Waals surface area contributed by atoms with E-state index in [9.17, 15) is 13.2 Å². The highest BCUT2D eigenvalue weighted by atomic mass is 32.2. The second-order valence-corrected chi connectivity index (χ2v) is 7.75. The summed E-state index contributed by atoms with van der Waals surface area (Å²) in [5.41, 5.74) is 0. The van der Waals surface area contributed by atoms with Gasteiger partial charge >= 0.3 is 5.97 Å². The van der Waals surface area contributed by atoms with Crippen LogP contribution in [0.2, 0.25) is 0 Å². The number of carboxylic acids is 1. The quantitative estimate of drug-likeness (QED) is 0.775. The highest BCUT2D eigenvalue weighted by molar-refractivity contribution is 7.94. The van der Waals surface area contributed by atoms with Gasteiger partial charge in [-0.1, -0.05) is 25.7 Å². The van der Waals surface area contributed by atoms with Crippen LogP contribution in [0, 0.1) is 0 Å². The summed E-state index contributed by atoms with van der Waals surface area (Å²) >= 11 is 0. The van der Waals surface area contributed by atoms with E-state index in [1.54, 1.807) is 0 Å². The predicted octanol–water partition coefficient (Wildman–Crippen LogP) is 1.99. The SMILES string of the molecule is CC(C)(C(=O)O)S(=O)(=O)C1CCCCCC1. The third-order valence-electron chi connectivity index (χ3n) is 3.47. The Kier molecular flexibility index (Phi) is 3.99. The van der Waals surface area contributed by atoms with E-state index in [4.69, 9.17) is 5.11 Å². The van der Waals surface area contributed by atoms with Crippen molar-refractivity contribution in [3.8, 4) is 0 Å². The van der Waals surface area contributed by atoms with Gasteiger partial charge in [-0.15, -0.1) is 0 Å². The van der Waals surface area contributed by atoms with E-state index in [1.807, 2.05) is 0 Å². The van der Waals surface area contributed by atoms with Crippen molar-refractivity contribution in [2.45, 2.75) is 62.4 Å². The summed E-state index contributed by atoms with van der Waals surface area (Å²) in [6, 6.07) is 0. The van der Waals surface area contributed by atoms with E-state index in [-0.39, 0.29) is 0 Å². The topological polar surface area (TPSA) is 71.4 Å². The fourth-order valence-corrected chi connectivity index (χ4v) is 4.12. The largest absolute Gasteiger partial charge is 0.480 e. The number of hydrogen-bond donors (Lipinski definition) is 1. The van der Waals surface area contributed by atoms with E-state index < -0.39 is 25.8 Å². The highest BCUT2D eigenvalue weighted by Crippen LogP contribution is 2.30. The van der Waals surface area contributed by atoms with Crippen LogP contribution in [0.25, 0.3) is 0 Å². The molecule has 0 radical (unpaired) electrons. The molecule has 94 valence electrons. The summed E-state index contributed by atoms with van der Waals surface area (Å²) in [5, 5.41) is 8.53. The lowest BCUT2D eigenvalue weighted by atomic mass is 10.2. The molecule has 1 saturated carbocycles. The molecule has 0 amide bonds. The average Bonchev–Trinajstić information content (AvgIpc) is 2.45. The van der Waals surface area contributed by atoms with Gasteiger partial charge in [-0.25, -0.2) is 8.42 Å². The molecule has 0 spiro atoms. The van der Waals surface area contributed by atoms with Crippen molar-refractivity contribution in [2.75, 3.05) is 0 Å². The van der Waals surface area contributed by atoms with Gasteiger partial charge < -0.3 is 5.11 Å². The number of carbonyl (C=O) groups is 1. The Morgan fingerprint density at radius 2 is 1.56 bits per heavy atom. The molecule has 0 heterocycles. The Balaban J connectivity index is 2.96. The summed E-state index contributed by atoms with van der Waals surface area (Å²) in [7, 11) is -3.58. The Morgan fingerprint density at radius 1 is 1.12 bits per heavy atom. The summed E-state index contributed by atoms with van der Waals surface area (Å²) in [4.78, 5) is 11.0. The van der Waals surface area contributed by atoms with Crippen molar-refractivity contribution >= 4 is 15.8 Å². The van der Waals surface area contributed by atoms with Gasteiger partial charge in [-0.3, -0.25) is 4.79 Å². The van der Waals surface area contributed by atoms with Crippen LogP contribution in [0.1, 0.15) is 52.4 Å². The van der Waals surface area contributed by atoms with Crippen LogP contribution in [-0.4, -0.2) is 29.5 Å². The summed E-state index contributed by atoms with van der Waals surface area (Å²) in [6.45, 7) is 2.57. The van der Waals surface area contributed by atoms with Gasteiger partial charge in [-0.2, -0.15) is 0 Å². The Hall–Kier alpha value is -0.580. The van der Waals surface area contributed by atoms with Crippen molar-refractivity contribution in [3.05, 3.63) is 0 Å². The second kappa shape index (κ2) is 4.73. The Labute approximate surface area is 97.0 Å². The molecule has 0 aromatic carbocycles. The number of aliphatic carboxylic acids is 1. The number of rotatable bonds is 3. The third-order valence-corrected chi connectivity index (χ3v) is 6.41. The summed E-state index contributed by atoms with van der Waals surface area (Å²) in [6.07, 6.45) is 5.11. The minimum Gasteiger partial charge on any atom is -0.480 e. The molecule has 0 aliphatic heterocycles. The second-order valence-electron chi connectivity index (χ2n) is 4.97. The maximum absolute atomic E-state index is 12.2. The molecule has 1 fully saturated rings. The maximum Gasteiger partial charge on any atom is 0.324 e. The normalized spacial score (nSPS) is 20.4. The molecular formula is C11H20O4S. The number of hydrogen-bond acceptors (Lipinski definition) is 3. The van der Waals surface area contributed by atoms with Crippen LogP contribution in [0.4, 0.5) is 0 Å². The van der Waals surface area contributed by atoms with E-state index in [1.165, 1.54) is 13.8 Å². The van der Waals surface area contributed by atoms with Crippen molar-refractivity contribution in [2.24, 2.45) is 0 Å². The minimum absolute atomic E-state index is 0.471. The van der Waals surface area contributed by atoms with Crippen LogP contribution >= 0.6 is 0 Å². The van der Waals surface area contributed by atoms with E-state index in [0.29, 0.717) is 12.8 Å². The molecule has 0 atom stereocenters. The van der Waals surface area contributed by atoms with Crippen LogP contribution < -0.4 is 0 Å². The molecule has 1 aliphatic rings. The standard InChI is InChI=1S/C11H20O4S/c1-11(2,10(12)13)16(14,15)9-7-5-3-4-6-8-9/h9H,3-8H2,1-2H3,(H,12,13). The molecule has 0 aromatic rings. The molecule has 0 saturated heterocycles.